The Kier molecular flexibility index (Phi) is 3.87. The summed E-state index contributed by atoms with van der Waals surface area (Å²) in [5, 5.41) is 0. The van der Waals surface area contributed by atoms with Crippen molar-refractivity contribution >= 4 is 12.6 Å². The van der Waals surface area contributed by atoms with Crippen molar-refractivity contribution in [1.29, 1.82) is 0 Å². The van der Waals surface area contributed by atoms with Crippen LogP contribution in [0.2, 0.25) is 0 Å². The fourth-order valence-electron chi connectivity index (χ4n) is 1.26. The fourth-order valence-corrected chi connectivity index (χ4v) is 1.45. The maximum atomic E-state index is 5.46. The number of rotatable bonds is 4. The van der Waals surface area contributed by atoms with Gasteiger partial charge in [0.25, 0.3) is 0 Å². The van der Waals surface area contributed by atoms with Gasteiger partial charge in [-0.25, -0.2) is 0 Å². The van der Waals surface area contributed by atoms with Gasteiger partial charge >= 0.3 is 0 Å². The molecule has 0 unspecified atom stereocenters. The van der Waals surface area contributed by atoms with E-state index in [-0.39, 0.29) is 5.41 Å². The first-order chi connectivity index (χ1) is 6.60. The van der Waals surface area contributed by atoms with Crippen molar-refractivity contribution in [2.45, 2.75) is 26.2 Å². The highest BCUT2D eigenvalue weighted by molar-refractivity contribution is 7.80. The molecule has 0 aliphatic rings. The van der Waals surface area contributed by atoms with E-state index in [9.17, 15) is 0 Å². The summed E-state index contributed by atoms with van der Waals surface area (Å²) in [4.78, 5) is 0. The fraction of sp³-hybridized carbons (Fsp3) is 0.500. The summed E-state index contributed by atoms with van der Waals surface area (Å²) in [5.41, 5.74) is 1.38. The minimum atomic E-state index is 0.107. The normalized spacial score (nSPS) is 11.4. The Bertz CT molecular complexity index is 294. The van der Waals surface area contributed by atoms with Crippen molar-refractivity contribution < 1.29 is 4.74 Å². The molecule has 0 atom stereocenters. The molecule has 0 radical (unpaired) electrons. The summed E-state index contributed by atoms with van der Waals surface area (Å²) in [5.74, 6) is 1.78. The average molecular weight is 210 g/mol. The maximum absolute atomic E-state index is 5.46. The van der Waals surface area contributed by atoms with Gasteiger partial charge in [-0.2, -0.15) is 12.6 Å². The van der Waals surface area contributed by atoms with E-state index < -0.39 is 0 Å². The Morgan fingerprint density at radius 1 is 1.36 bits per heavy atom. The summed E-state index contributed by atoms with van der Waals surface area (Å²) in [7, 11) is 0. The Hall–Kier alpha value is -0.630. The van der Waals surface area contributed by atoms with E-state index >= 15 is 0 Å². The first-order valence-corrected chi connectivity index (χ1v) is 5.57. The van der Waals surface area contributed by atoms with Crippen molar-refractivity contribution in [2.75, 3.05) is 12.4 Å². The Morgan fingerprint density at radius 3 is 2.64 bits per heavy atom. The van der Waals surface area contributed by atoms with E-state index in [1.807, 2.05) is 19.1 Å². The molecule has 1 rings (SSSR count). The van der Waals surface area contributed by atoms with Crippen LogP contribution in [0.25, 0.3) is 0 Å². The van der Waals surface area contributed by atoms with Gasteiger partial charge in [0.05, 0.1) is 6.61 Å². The monoisotopic (exact) mass is 210 g/mol. The zero-order valence-corrected chi connectivity index (χ0v) is 9.97. The van der Waals surface area contributed by atoms with Gasteiger partial charge in [0, 0.05) is 0 Å². The molecular weight excluding hydrogens is 192 g/mol. The Morgan fingerprint density at radius 2 is 2.07 bits per heavy atom. The van der Waals surface area contributed by atoms with Crippen LogP contribution in [0.4, 0.5) is 0 Å². The van der Waals surface area contributed by atoms with Crippen LogP contribution in [0.5, 0.6) is 5.75 Å². The van der Waals surface area contributed by atoms with E-state index in [4.69, 9.17) is 4.74 Å². The van der Waals surface area contributed by atoms with Gasteiger partial charge in [0.2, 0.25) is 0 Å². The first kappa shape index (κ1) is 11.4. The molecule has 1 aromatic carbocycles. The van der Waals surface area contributed by atoms with Crippen LogP contribution in [0.3, 0.4) is 0 Å². The highest BCUT2D eigenvalue weighted by Gasteiger charge is 2.18. The molecule has 0 fully saturated rings. The number of hydrogen-bond donors (Lipinski definition) is 1. The van der Waals surface area contributed by atoms with Crippen molar-refractivity contribution in [2.24, 2.45) is 0 Å². The number of benzene rings is 1. The molecule has 0 aromatic heterocycles. The molecule has 0 aliphatic heterocycles. The summed E-state index contributed by atoms with van der Waals surface area (Å²) in [6, 6.07) is 8.24. The molecule has 2 heteroatoms. The predicted molar refractivity (Wildman–Crippen MR) is 64.5 cm³/mol. The quantitative estimate of drug-likeness (QED) is 0.750. The molecule has 0 N–H and O–H groups in total. The second kappa shape index (κ2) is 4.74. The van der Waals surface area contributed by atoms with Crippen LogP contribution in [-0.4, -0.2) is 12.4 Å². The molecule has 0 saturated carbocycles. The SMILES string of the molecule is CCOc1cccc(C(C)(C)CS)c1. The molecule has 14 heavy (non-hydrogen) atoms. The van der Waals surface area contributed by atoms with Crippen LogP contribution < -0.4 is 4.74 Å². The predicted octanol–water partition coefficient (Wildman–Crippen LogP) is 3.29. The van der Waals surface area contributed by atoms with Crippen LogP contribution in [0.15, 0.2) is 24.3 Å². The molecule has 1 aromatic rings. The first-order valence-electron chi connectivity index (χ1n) is 4.94. The molecule has 0 aliphatic carbocycles. The topological polar surface area (TPSA) is 9.23 Å². The van der Waals surface area contributed by atoms with Crippen molar-refractivity contribution in [1.82, 2.24) is 0 Å². The molecular formula is C12H18OS. The molecule has 1 nitrogen and oxygen atoms in total. The van der Waals surface area contributed by atoms with Crippen LogP contribution in [0, 0.1) is 0 Å². The van der Waals surface area contributed by atoms with Crippen LogP contribution >= 0.6 is 12.6 Å². The van der Waals surface area contributed by atoms with Gasteiger partial charge in [-0.15, -0.1) is 0 Å². The number of hydrogen-bond acceptors (Lipinski definition) is 2. The van der Waals surface area contributed by atoms with Gasteiger partial charge in [-0.1, -0.05) is 26.0 Å². The third kappa shape index (κ3) is 2.68. The lowest BCUT2D eigenvalue weighted by Crippen LogP contribution is -2.18. The standard InChI is InChI=1S/C12H18OS/c1-4-13-11-7-5-6-10(8-11)12(2,3)9-14/h5-8,14H,4,9H2,1-3H3. The molecule has 0 bridgehead atoms. The van der Waals surface area contributed by atoms with Crippen molar-refractivity contribution in [3.8, 4) is 5.75 Å². The van der Waals surface area contributed by atoms with Gasteiger partial charge < -0.3 is 4.74 Å². The zero-order chi connectivity index (χ0) is 10.6. The van der Waals surface area contributed by atoms with E-state index in [0.717, 1.165) is 11.5 Å². The summed E-state index contributed by atoms with van der Waals surface area (Å²) in [6.07, 6.45) is 0. The van der Waals surface area contributed by atoms with Gasteiger partial charge in [-0.05, 0) is 35.8 Å². The highest BCUT2D eigenvalue weighted by atomic mass is 32.1. The number of ether oxygens (including phenoxy) is 1. The van der Waals surface area contributed by atoms with E-state index in [2.05, 4.69) is 38.6 Å². The van der Waals surface area contributed by atoms with Gasteiger partial charge in [0.15, 0.2) is 0 Å². The molecule has 0 heterocycles. The Labute approximate surface area is 91.9 Å². The lowest BCUT2D eigenvalue weighted by Gasteiger charge is -2.23. The summed E-state index contributed by atoms with van der Waals surface area (Å²) in [6.45, 7) is 7.08. The molecule has 78 valence electrons. The third-order valence-electron chi connectivity index (χ3n) is 2.32. The second-order valence-electron chi connectivity index (χ2n) is 4.00. The lowest BCUT2D eigenvalue weighted by molar-refractivity contribution is 0.339. The molecule has 0 spiro atoms. The van der Waals surface area contributed by atoms with Crippen LogP contribution in [-0.2, 0) is 5.41 Å². The van der Waals surface area contributed by atoms with Crippen LogP contribution in [0.1, 0.15) is 26.3 Å². The maximum Gasteiger partial charge on any atom is 0.119 e. The average Bonchev–Trinajstić information content (AvgIpc) is 2.19. The summed E-state index contributed by atoms with van der Waals surface area (Å²) >= 11 is 4.36. The Balaban J connectivity index is 2.93. The molecule has 0 saturated heterocycles. The number of thiol groups is 1. The second-order valence-corrected chi connectivity index (χ2v) is 4.32. The highest BCUT2D eigenvalue weighted by Crippen LogP contribution is 2.27. The zero-order valence-electron chi connectivity index (χ0n) is 9.08. The molecule has 0 amide bonds. The van der Waals surface area contributed by atoms with Gasteiger partial charge in [0.1, 0.15) is 5.75 Å². The largest absolute Gasteiger partial charge is 0.494 e. The summed E-state index contributed by atoms with van der Waals surface area (Å²) < 4.78 is 5.46. The van der Waals surface area contributed by atoms with E-state index in [1.54, 1.807) is 0 Å². The smallest absolute Gasteiger partial charge is 0.119 e. The third-order valence-corrected chi connectivity index (χ3v) is 3.11. The van der Waals surface area contributed by atoms with Crippen molar-refractivity contribution in [3.05, 3.63) is 29.8 Å². The van der Waals surface area contributed by atoms with E-state index in [0.29, 0.717) is 6.61 Å². The van der Waals surface area contributed by atoms with Crippen molar-refractivity contribution in [3.63, 3.8) is 0 Å². The van der Waals surface area contributed by atoms with E-state index in [1.165, 1.54) is 5.56 Å². The minimum Gasteiger partial charge on any atom is -0.494 e. The van der Waals surface area contributed by atoms with Gasteiger partial charge in [-0.3, -0.25) is 0 Å². The lowest BCUT2D eigenvalue weighted by atomic mass is 9.87. The minimum absolute atomic E-state index is 0.107.